The van der Waals surface area contributed by atoms with Gasteiger partial charge in [0.2, 0.25) is 0 Å². The number of hydrogen-bond donors (Lipinski definition) is 1. The lowest BCUT2D eigenvalue weighted by Gasteiger charge is -2.31. The number of thiocarbonyl (C=S) groups is 1. The van der Waals surface area contributed by atoms with Gasteiger partial charge in [0, 0.05) is 13.1 Å². The Kier molecular flexibility index (Phi) is 8.72. The molecule has 0 atom stereocenters. The van der Waals surface area contributed by atoms with E-state index >= 15 is 0 Å². The molecule has 0 saturated carbocycles. The Balaban J connectivity index is 1.70. The minimum atomic E-state index is -0.707. The first kappa shape index (κ1) is 22.2. The van der Waals surface area contributed by atoms with Gasteiger partial charge in [0.25, 0.3) is 11.8 Å². The SMILES string of the molecule is COc1ccccc1C(=O)NC(=O)COC(=O)CSC(=S)N1CCC(C)CC1. The van der Waals surface area contributed by atoms with E-state index in [2.05, 4.69) is 17.1 Å². The summed E-state index contributed by atoms with van der Waals surface area (Å²) in [6, 6.07) is 6.52. The first-order valence-electron chi connectivity index (χ1n) is 8.95. The number of esters is 1. The highest BCUT2D eigenvalue weighted by molar-refractivity contribution is 8.23. The van der Waals surface area contributed by atoms with Gasteiger partial charge in [-0.05, 0) is 30.9 Å². The van der Waals surface area contributed by atoms with E-state index < -0.39 is 24.4 Å². The van der Waals surface area contributed by atoms with E-state index in [9.17, 15) is 14.4 Å². The maximum Gasteiger partial charge on any atom is 0.316 e. The molecule has 1 aliphatic rings. The first-order valence-corrected chi connectivity index (χ1v) is 10.3. The van der Waals surface area contributed by atoms with Gasteiger partial charge in [-0.3, -0.25) is 19.7 Å². The van der Waals surface area contributed by atoms with Gasteiger partial charge in [0.05, 0.1) is 18.4 Å². The molecule has 0 bridgehead atoms. The van der Waals surface area contributed by atoms with E-state index in [4.69, 9.17) is 21.7 Å². The van der Waals surface area contributed by atoms with Crippen LogP contribution in [0.3, 0.4) is 0 Å². The van der Waals surface area contributed by atoms with E-state index in [0.717, 1.165) is 25.9 Å². The number of methoxy groups -OCH3 is 1. The summed E-state index contributed by atoms with van der Waals surface area (Å²) in [6.07, 6.45) is 2.18. The number of hydrogen-bond acceptors (Lipinski definition) is 7. The summed E-state index contributed by atoms with van der Waals surface area (Å²) in [7, 11) is 1.43. The number of nitrogens with zero attached hydrogens (tertiary/aromatic N) is 1. The average molecular weight is 425 g/mol. The molecule has 1 aliphatic heterocycles. The maximum atomic E-state index is 12.1. The highest BCUT2D eigenvalue weighted by atomic mass is 32.2. The quantitative estimate of drug-likeness (QED) is 0.550. The van der Waals surface area contributed by atoms with Crippen molar-refractivity contribution in [1.82, 2.24) is 10.2 Å². The molecule has 0 radical (unpaired) electrons. The molecular formula is C19H24N2O5S2. The number of benzene rings is 1. The Bertz CT molecular complexity index is 733. The van der Waals surface area contributed by atoms with Crippen molar-refractivity contribution in [3.05, 3.63) is 29.8 Å². The van der Waals surface area contributed by atoms with Crippen LogP contribution in [0.4, 0.5) is 0 Å². The van der Waals surface area contributed by atoms with Gasteiger partial charge in [-0.15, -0.1) is 0 Å². The fourth-order valence-electron chi connectivity index (χ4n) is 2.65. The molecular weight excluding hydrogens is 400 g/mol. The molecule has 0 aromatic heterocycles. The van der Waals surface area contributed by atoms with Crippen LogP contribution in [-0.4, -0.2) is 59.6 Å². The van der Waals surface area contributed by atoms with Crippen molar-refractivity contribution in [2.24, 2.45) is 5.92 Å². The van der Waals surface area contributed by atoms with Crippen LogP contribution in [0.1, 0.15) is 30.1 Å². The minimum absolute atomic E-state index is 0.0264. The summed E-state index contributed by atoms with van der Waals surface area (Å²) < 4.78 is 10.7. The molecule has 152 valence electrons. The van der Waals surface area contributed by atoms with Crippen molar-refractivity contribution in [2.75, 3.05) is 32.6 Å². The molecule has 2 rings (SSSR count). The smallest absolute Gasteiger partial charge is 0.316 e. The summed E-state index contributed by atoms with van der Waals surface area (Å²) in [5, 5.41) is 2.17. The lowest BCUT2D eigenvalue weighted by atomic mass is 10.00. The Labute approximate surface area is 174 Å². The number of carbonyl (C=O) groups is 3. The number of amides is 2. The Morgan fingerprint density at radius 3 is 2.61 bits per heavy atom. The van der Waals surface area contributed by atoms with Gasteiger partial charge in [0.1, 0.15) is 10.1 Å². The van der Waals surface area contributed by atoms with Crippen molar-refractivity contribution in [3.63, 3.8) is 0 Å². The molecule has 1 aromatic carbocycles. The van der Waals surface area contributed by atoms with Crippen molar-refractivity contribution in [1.29, 1.82) is 0 Å². The number of likely N-dealkylation sites (tertiary alicyclic amines) is 1. The predicted molar refractivity (Wildman–Crippen MR) is 111 cm³/mol. The highest BCUT2D eigenvalue weighted by Crippen LogP contribution is 2.20. The second-order valence-corrected chi connectivity index (χ2v) is 8.07. The monoisotopic (exact) mass is 424 g/mol. The maximum absolute atomic E-state index is 12.1. The molecule has 1 aromatic rings. The number of thioether (sulfide) groups is 1. The summed E-state index contributed by atoms with van der Waals surface area (Å²) in [5.74, 6) is -0.806. The molecule has 1 N–H and O–H groups in total. The van der Waals surface area contributed by atoms with Gasteiger partial charge in [0.15, 0.2) is 6.61 Å². The largest absolute Gasteiger partial charge is 0.496 e. The van der Waals surface area contributed by atoms with Crippen LogP contribution in [0.5, 0.6) is 5.75 Å². The van der Waals surface area contributed by atoms with E-state index in [-0.39, 0.29) is 11.3 Å². The molecule has 9 heteroatoms. The van der Waals surface area contributed by atoms with Crippen molar-refractivity contribution < 1.29 is 23.9 Å². The van der Waals surface area contributed by atoms with Gasteiger partial charge in [-0.25, -0.2) is 0 Å². The number of para-hydroxylation sites is 1. The summed E-state index contributed by atoms with van der Waals surface area (Å²) in [4.78, 5) is 37.9. The second kappa shape index (κ2) is 11.0. The molecule has 0 spiro atoms. The fraction of sp³-hybridized carbons (Fsp3) is 0.474. The van der Waals surface area contributed by atoms with Gasteiger partial charge in [-0.1, -0.05) is 43.0 Å². The van der Waals surface area contributed by atoms with Crippen LogP contribution >= 0.6 is 24.0 Å². The first-order chi connectivity index (χ1) is 13.4. The summed E-state index contributed by atoms with van der Waals surface area (Å²) >= 11 is 6.57. The number of rotatable bonds is 6. The average Bonchev–Trinajstić information content (AvgIpc) is 2.70. The molecule has 0 aliphatic carbocycles. The van der Waals surface area contributed by atoms with Crippen LogP contribution in [-0.2, 0) is 14.3 Å². The predicted octanol–water partition coefficient (Wildman–Crippen LogP) is 2.24. The third-order valence-corrected chi connectivity index (χ3v) is 5.82. The van der Waals surface area contributed by atoms with Crippen LogP contribution in [0, 0.1) is 5.92 Å². The normalized spacial score (nSPS) is 14.3. The fourth-order valence-corrected chi connectivity index (χ4v) is 3.70. The zero-order valence-electron chi connectivity index (χ0n) is 15.9. The number of carbonyl (C=O) groups excluding carboxylic acids is 3. The third-order valence-electron chi connectivity index (χ3n) is 4.32. The van der Waals surface area contributed by atoms with E-state index in [1.807, 2.05) is 0 Å². The second-order valence-electron chi connectivity index (χ2n) is 6.46. The van der Waals surface area contributed by atoms with Crippen molar-refractivity contribution in [3.8, 4) is 5.75 Å². The van der Waals surface area contributed by atoms with Crippen LogP contribution in [0.25, 0.3) is 0 Å². The van der Waals surface area contributed by atoms with Crippen LogP contribution in [0.15, 0.2) is 24.3 Å². The number of nitrogens with one attached hydrogen (secondary N) is 1. The molecule has 1 fully saturated rings. The molecule has 28 heavy (non-hydrogen) atoms. The van der Waals surface area contributed by atoms with Crippen LogP contribution in [0.2, 0.25) is 0 Å². The van der Waals surface area contributed by atoms with Gasteiger partial charge < -0.3 is 14.4 Å². The Morgan fingerprint density at radius 2 is 1.93 bits per heavy atom. The standard InChI is InChI=1S/C19H24N2O5S2/c1-13-7-9-21(10-8-13)19(27)28-12-17(23)26-11-16(22)20-18(24)14-5-3-4-6-15(14)25-2/h3-6,13H,7-12H2,1-2H3,(H,20,22,24). The molecule has 0 unspecified atom stereocenters. The van der Waals surface area contributed by atoms with E-state index in [0.29, 0.717) is 16.0 Å². The zero-order chi connectivity index (χ0) is 20.5. The number of imide groups is 1. The number of piperidine rings is 1. The zero-order valence-corrected chi connectivity index (χ0v) is 17.6. The van der Waals surface area contributed by atoms with Crippen molar-refractivity contribution >= 4 is 46.1 Å². The number of ether oxygens (including phenoxy) is 2. The van der Waals surface area contributed by atoms with Crippen molar-refractivity contribution in [2.45, 2.75) is 19.8 Å². The van der Waals surface area contributed by atoms with E-state index in [1.165, 1.54) is 24.9 Å². The van der Waals surface area contributed by atoms with Gasteiger partial charge in [-0.2, -0.15) is 0 Å². The van der Waals surface area contributed by atoms with E-state index in [1.54, 1.807) is 18.2 Å². The summed E-state index contributed by atoms with van der Waals surface area (Å²) in [5.41, 5.74) is 0.224. The molecule has 1 saturated heterocycles. The molecule has 7 nitrogen and oxygen atoms in total. The van der Waals surface area contributed by atoms with Crippen LogP contribution < -0.4 is 10.1 Å². The third kappa shape index (κ3) is 6.79. The lowest BCUT2D eigenvalue weighted by Crippen LogP contribution is -2.36. The molecule has 2 amide bonds. The topological polar surface area (TPSA) is 84.9 Å². The minimum Gasteiger partial charge on any atom is -0.496 e. The highest BCUT2D eigenvalue weighted by Gasteiger charge is 2.20. The van der Waals surface area contributed by atoms with Gasteiger partial charge >= 0.3 is 5.97 Å². The Morgan fingerprint density at radius 1 is 1.25 bits per heavy atom. The summed E-state index contributed by atoms with van der Waals surface area (Å²) in [6.45, 7) is 3.48. The Hall–Kier alpha value is -2.13. The lowest BCUT2D eigenvalue weighted by molar-refractivity contribution is -0.145. The molecule has 1 heterocycles.